The molecule has 4 aliphatic carbocycles. The summed E-state index contributed by atoms with van der Waals surface area (Å²) in [4.78, 5) is 11.5. The van der Waals surface area contributed by atoms with Crippen LogP contribution in [0.3, 0.4) is 0 Å². The van der Waals surface area contributed by atoms with Crippen LogP contribution in [0.4, 0.5) is 0 Å². The van der Waals surface area contributed by atoms with Crippen LogP contribution in [-0.4, -0.2) is 16.2 Å². The summed E-state index contributed by atoms with van der Waals surface area (Å²) in [5.41, 5.74) is 4.36. The Bertz CT molecular complexity index is 965. The SMILES string of the molecule is C/C(=C\c1ccccc1C(=O)O)c1ccc(O)c(C23CC4CC(CC(C4)C2)C3)c1. The van der Waals surface area contributed by atoms with Crippen LogP contribution in [0, 0.1) is 17.8 Å². The quantitative estimate of drug-likeness (QED) is 0.621. The van der Waals surface area contributed by atoms with Gasteiger partial charge in [0.15, 0.2) is 0 Å². The molecular formula is C26H28O3. The number of aromatic carboxylic acids is 1. The monoisotopic (exact) mass is 388 g/mol. The molecule has 0 saturated heterocycles. The van der Waals surface area contributed by atoms with E-state index in [1.807, 2.05) is 37.3 Å². The smallest absolute Gasteiger partial charge is 0.336 e. The lowest BCUT2D eigenvalue weighted by atomic mass is 9.48. The number of carboxylic acid groups (broad SMARTS) is 1. The third kappa shape index (κ3) is 3.17. The number of carbonyl (C=O) groups is 1. The minimum atomic E-state index is -0.912. The second-order valence-corrected chi connectivity index (χ2v) is 9.65. The van der Waals surface area contributed by atoms with E-state index < -0.39 is 5.97 Å². The number of hydrogen-bond donors (Lipinski definition) is 2. The van der Waals surface area contributed by atoms with Crippen molar-refractivity contribution in [3.8, 4) is 5.75 Å². The third-order valence-corrected chi connectivity index (χ3v) is 7.62. The minimum absolute atomic E-state index is 0.133. The topological polar surface area (TPSA) is 57.5 Å². The Morgan fingerprint density at radius 2 is 1.62 bits per heavy atom. The Kier molecular flexibility index (Phi) is 4.31. The van der Waals surface area contributed by atoms with Gasteiger partial charge in [-0.15, -0.1) is 0 Å². The molecule has 0 radical (unpaired) electrons. The van der Waals surface area contributed by atoms with Crippen molar-refractivity contribution in [1.29, 1.82) is 0 Å². The number of carboxylic acids is 1. The molecule has 2 aromatic rings. The van der Waals surface area contributed by atoms with Gasteiger partial charge >= 0.3 is 5.97 Å². The number of hydrogen-bond acceptors (Lipinski definition) is 2. The standard InChI is InChI=1S/C26H28O3/c1-16(8-21-4-2-3-5-22(21)25(28)29)20-6-7-24(27)23(12-20)26-13-17-9-18(14-26)11-19(10-17)15-26/h2-8,12,17-19,27H,9-11,13-15H2,1H3,(H,28,29)/b16-8+. The van der Waals surface area contributed by atoms with Gasteiger partial charge in [0.05, 0.1) is 5.56 Å². The molecule has 4 aliphatic rings. The van der Waals surface area contributed by atoms with Gasteiger partial charge in [0.1, 0.15) is 5.75 Å². The lowest BCUT2D eigenvalue weighted by Crippen LogP contribution is -2.48. The predicted octanol–water partition coefficient (Wildman–Crippen LogP) is 6.12. The first kappa shape index (κ1) is 18.5. The summed E-state index contributed by atoms with van der Waals surface area (Å²) in [6.07, 6.45) is 9.71. The molecule has 0 amide bonds. The van der Waals surface area contributed by atoms with Gasteiger partial charge in [-0.3, -0.25) is 0 Å². The molecule has 3 nitrogen and oxygen atoms in total. The highest BCUT2D eigenvalue weighted by Crippen LogP contribution is 2.61. The summed E-state index contributed by atoms with van der Waals surface area (Å²) in [6.45, 7) is 2.02. The third-order valence-electron chi connectivity index (χ3n) is 7.62. The van der Waals surface area contributed by atoms with Gasteiger partial charge in [0.2, 0.25) is 0 Å². The van der Waals surface area contributed by atoms with Crippen LogP contribution in [0.1, 0.15) is 72.5 Å². The molecule has 0 atom stereocenters. The van der Waals surface area contributed by atoms with Crippen LogP contribution in [0.2, 0.25) is 0 Å². The number of phenolic OH excluding ortho intramolecular Hbond substituents is 1. The first-order chi connectivity index (χ1) is 13.9. The molecule has 29 heavy (non-hydrogen) atoms. The Hall–Kier alpha value is -2.55. The van der Waals surface area contributed by atoms with E-state index in [2.05, 4.69) is 6.07 Å². The molecule has 4 fully saturated rings. The molecule has 4 saturated carbocycles. The van der Waals surface area contributed by atoms with Crippen LogP contribution in [0.15, 0.2) is 42.5 Å². The normalized spacial score (nSPS) is 30.5. The zero-order chi connectivity index (χ0) is 20.2. The summed E-state index contributed by atoms with van der Waals surface area (Å²) in [5.74, 6) is 1.98. The highest BCUT2D eigenvalue weighted by atomic mass is 16.4. The lowest BCUT2D eigenvalue weighted by molar-refractivity contribution is -0.00614. The highest BCUT2D eigenvalue weighted by molar-refractivity contribution is 5.95. The van der Waals surface area contributed by atoms with Gasteiger partial charge in [-0.2, -0.15) is 0 Å². The second-order valence-electron chi connectivity index (χ2n) is 9.65. The number of rotatable bonds is 4. The van der Waals surface area contributed by atoms with Crippen molar-refractivity contribution in [2.45, 2.75) is 50.9 Å². The van der Waals surface area contributed by atoms with E-state index in [9.17, 15) is 15.0 Å². The van der Waals surface area contributed by atoms with Crippen molar-refractivity contribution >= 4 is 17.6 Å². The van der Waals surface area contributed by atoms with Crippen molar-refractivity contribution in [2.75, 3.05) is 0 Å². The van der Waals surface area contributed by atoms with Gasteiger partial charge in [0, 0.05) is 5.56 Å². The van der Waals surface area contributed by atoms with Crippen molar-refractivity contribution < 1.29 is 15.0 Å². The molecule has 150 valence electrons. The van der Waals surface area contributed by atoms with Crippen molar-refractivity contribution in [2.24, 2.45) is 17.8 Å². The molecule has 2 aromatic carbocycles. The number of aromatic hydroxyl groups is 1. The summed E-state index contributed by atoms with van der Waals surface area (Å²) in [7, 11) is 0. The van der Waals surface area contributed by atoms with E-state index in [1.165, 1.54) is 38.5 Å². The first-order valence-corrected chi connectivity index (χ1v) is 10.8. The molecule has 0 aromatic heterocycles. The fraction of sp³-hybridized carbons (Fsp3) is 0.423. The van der Waals surface area contributed by atoms with Crippen LogP contribution in [0.5, 0.6) is 5.75 Å². The zero-order valence-corrected chi connectivity index (χ0v) is 16.9. The molecule has 6 rings (SSSR count). The Morgan fingerprint density at radius 1 is 1.00 bits per heavy atom. The van der Waals surface area contributed by atoms with Crippen molar-refractivity contribution in [3.63, 3.8) is 0 Å². The van der Waals surface area contributed by atoms with Crippen molar-refractivity contribution in [3.05, 3.63) is 64.7 Å². The van der Waals surface area contributed by atoms with Crippen LogP contribution < -0.4 is 0 Å². The van der Waals surface area contributed by atoms with Gasteiger partial charge in [-0.05, 0) is 104 Å². The number of benzene rings is 2. The molecule has 0 heterocycles. The Balaban J connectivity index is 1.53. The average Bonchev–Trinajstić information content (AvgIpc) is 2.67. The van der Waals surface area contributed by atoms with E-state index in [0.29, 0.717) is 16.9 Å². The number of phenols is 1. The molecule has 3 heteroatoms. The van der Waals surface area contributed by atoms with Crippen LogP contribution in [0.25, 0.3) is 11.6 Å². The molecule has 4 bridgehead atoms. The maximum Gasteiger partial charge on any atom is 0.336 e. The molecule has 0 aliphatic heterocycles. The van der Waals surface area contributed by atoms with E-state index >= 15 is 0 Å². The fourth-order valence-corrected chi connectivity index (χ4v) is 6.78. The van der Waals surface area contributed by atoms with Crippen LogP contribution >= 0.6 is 0 Å². The minimum Gasteiger partial charge on any atom is -0.508 e. The molecule has 2 N–H and O–H groups in total. The van der Waals surface area contributed by atoms with Gasteiger partial charge in [0.25, 0.3) is 0 Å². The van der Waals surface area contributed by atoms with E-state index in [4.69, 9.17) is 0 Å². The average molecular weight is 389 g/mol. The van der Waals surface area contributed by atoms with E-state index in [1.54, 1.807) is 12.1 Å². The van der Waals surface area contributed by atoms with Gasteiger partial charge < -0.3 is 10.2 Å². The maximum absolute atomic E-state index is 11.5. The van der Waals surface area contributed by atoms with Gasteiger partial charge in [-0.1, -0.05) is 30.3 Å². The summed E-state index contributed by atoms with van der Waals surface area (Å²) >= 11 is 0. The summed E-state index contributed by atoms with van der Waals surface area (Å²) in [5, 5.41) is 20.2. The van der Waals surface area contributed by atoms with E-state index in [-0.39, 0.29) is 5.41 Å². The van der Waals surface area contributed by atoms with E-state index in [0.717, 1.165) is 34.5 Å². The molecule has 0 spiro atoms. The Labute approximate surface area is 172 Å². The predicted molar refractivity (Wildman–Crippen MR) is 115 cm³/mol. The second kappa shape index (κ2) is 6.76. The van der Waals surface area contributed by atoms with Crippen molar-refractivity contribution in [1.82, 2.24) is 0 Å². The largest absolute Gasteiger partial charge is 0.508 e. The number of allylic oxidation sites excluding steroid dienone is 1. The molecular weight excluding hydrogens is 360 g/mol. The maximum atomic E-state index is 11.5. The Morgan fingerprint density at radius 3 is 2.24 bits per heavy atom. The fourth-order valence-electron chi connectivity index (χ4n) is 6.78. The molecule has 0 unspecified atom stereocenters. The summed E-state index contributed by atoms with van der Waals surface area (Å²) < 4.78 is 0. The zero-order valence-electron chi connectivity index (χ0n) is 16.9. The lowest BCUT2D eigenvalue weighted by Gasteiger charge is -2.57. The highest BCUT2D eigenvalue weighted by Gasteiger charge is 2.52. The summed E-state index contributed by atoms with van der Waals surface area (Å²) in [6, 6.07) is 13.1. The van der Waals surface area contributed by atoms with Gasteiger partial charge in [-0.25, -0.2) is 4.79 Å². The first-order valence-electron chi connectivity index (χ1n) is 10.8. The van der Waals surface area contributed by atoms with Crippen LogP contribution in [-0.2, 0) is 5.41 Å².